The molecular formula is C21H34IN5O2. The standard InChI is InChI=1S/C21H33N5O2.HI/c1-5-22-21(23-11-7-8-17-13-25-26(4)15-17)24-14-20(27)18-9-6-10-19(12-18)28-16(2)3;/h6,9-10,12-13,15-16,20,27H,5,7-8,11,14H2,1-4H3,(H2,22,23,24);1H. The molecule has 2 rings (SSSR count). The van der Waals surface area contributed by atoms with Crippen molar-refractivity contribution in [3.63, 3.8) is 0 Å². The predicted molar refractivity (Wildman–Crippen MR) is 128 cm³/mol. The molecule has 1 atom stereocenters. The summed E-state index contributed by atoms with van der Waals surface area (Å²) in [7, 11) is 1.92. The summed E-state index contributed by atoms with van der Waals surface area (Å²) in [6, 6.07) is 7.55. The SMILES string of the molecule is CCNC(=NCC(O)c1cccc(OC(C)C)c1)NCCCc1cnn(C)c1.I. The van der Waals surface area contributed by atoms with Gasteiger partial charge in [0.2, 0.25) is 0 Å². The Morgan fingerprint density at radius 3 is 2.76 bits per heavy atom. The second kappa shape index (κ2) is 13.4. The largest absolute Gasteiger partial charge is 0.491 e. The average molecular weight is 515 g/mol. The monoisotopic (exact) mass is 515 g/mol. The molecule has 0 fully saturated rings. The number of nitrogens with one attached hydrogen (secondary N) is 2. The number of aromatic nitrogens is 2. The molecule has 1 aromatic carbocycles. The van der Waals surface area contributed by atoms with E-state index in [1.807, 2.05) is 69.2 Å². The van der Waals surface area contributed by atoms with Crippen LogP contribution >= 0.6 is 24.0 Å². The van der Waals surface area contributed by atoms with Crippen molar-refractivity contribution in [1.82, 2.24) is 20.4 Å². The number of rotatable bonds is 10. The van der Waals surface area contributed by atoms with Crippen LogP contribution < -0.4 is 15.4 Å². The van der Waals surface area contributed by atoms with E-state index in [1.165, 1.54) is 5.56 Å². The molecule has 0 aliphatic rings. The summed E-state index contributed by atoms with van der Waals surface area (Å²) >= 11 is 0. The number of hydrogen-bond donors (Lipinski definition) is 3. The first-order chi connectivity index (χ1) is 13.5. The number of aliphatic imine (C=N–C) groups is 1. The van der Waals surface area contributed by atoms with Crippen LogP contribution in [0.15, 0.2) is 41.7 Å². The number of hydrogen-bond acceptors (Lipinski definition) is 4. The van der Waals surface area contributed by atoms with E-state index >= 15 is 0 Å². The van der Waals surface area contributed by atoms with Gasteiger partial charge in [-0.2, -0.15) is 5.10 Å². The zero-order valence-electron chi connectivity index (χ0n) is 17.8. The second-order valence-electron chi connectivity index (χ2n) is 7.03. The Bertz CT molecular complexity index is 748. The third-order valence-corrected chi connectivity index (χ3v) is 4.07. The van der Waals surface area contributed by atoms with Gasteiger partial charge in [0.15, 0.2) is 5.96 Å². The van der Waals surface area contributed by atoms with Gasteiger partial charge in [0.05, 0.1) is 24.9 Å². The Morgan fingerprint density at radius 2 is 2.10 bits per heavy atom. The van der Waals surface area contributed by atoms with Crippen LogP contribution in [0.2, 0.25) is 0 Å². The lowest BCUT2D eigenvalue weighted by Gasteiger charge is -2.15. The lowest BCUT2D eigenvalue weighted by atomic mass is 10.1. The van der Waals surface area contributed by atoms with Gasteiger partial charge in [-0.3, -0.25) is 9.67 Å². The molecule has 7 nitrogen and oxygen atoms in total. The lowest BCUT2D eigenvalue weighted by molar-refractivity contribution is 0.185. The molecule has 0 bridgehead atoms. The highest BCUT2D eigenvalue weighted by Gasteiger charge is 2.09. The average Bonchev–Trinajstić information content (AvgIpc) is 3.07. The molecule has 0 aliphatic heterocycles. The molecule has 29 heavy (non-hydrogen) atoms. The van der Waals surface area contributed by atoms with Gasteiger partial charge in [0, 0.05) is 26.3 Å². The van der Waals surface area contributed by atoms with E-state index in [0.717, 1.165) is 37.2 Å². The molecule has 0 amide bonds. The third kappa shape index (κ3) is 9.49. The van der Waals surface area contributed by atoms with Gasteiger partial charge >= 0.3 is 0 Å². The molecule has 0 radical (unpaired) electrons. The van der Waals surface area contributed by atoms with Gasteiger partial charge in [-0.05, 0) is 56.9 Å². The van der Waals surface area contributed by atoms with E-state index in [-0.39, 0.29) is 36.6 Å². The fourth-order valence-electron chi connectivity index (χ4n) is 2.79. The number of aryl methyl sites for hydroxylation is 2. The summed E-state index contributed by atoms with van der Waals surface area (Å²) in [5, 5.41) is 21.2. The Balaban J connectivity index is 0.00000420. The number of nitrogens with zero attached hydrogens (tertiary/aromatic N) is 3. The number of halogens is 1. The fraction of sp³-hybridized carbons (Fsp3) is 0.524. The lowest BCUT2D eigenvalue weighted by Crippen LogP contribution is -2.38. The highest BCUT2D eigenvalue weighted by atomic mass is 127. The summed E-state index contributed by atoms with van der Waals surface area (Å²) in [6.45, 7) is 7.84. The Hall–Kier alpha value is -1.81. The van der Waals surface area contributed by atoms with Crippen molar-refractivity contribution < 1.29 is 9.84 Å². The highest BCUT2D eigenvalue weighted by molar-refractivity contribution is 14.0. The maximum Gasteiger partial charge on any atom is 0.191 e. The molecular weight excluding hydrogens is 481 g/mol. The summed E-state index contributed by atoms with van der Waals surface area (Å²) in [5.41, 5.74) is 2.03. The first kappa shape index (κ1) is 25.2. The Kier molecular flexibility index (Phi) is 11.7. The number of guanidine groups is 1. The van der Waals surface area contributed by atoms with Crippen LogP contribution in [0.4, 0.5) is 0 Å². The number of aliphatic hydroxyl groups excluding tert-OH is 1. The number of ether oxygens (including phenoxy) is 1. The quantitative estimate of drug-likeness (QED) is 0.196. The molecule has 162 valence electrons. The molecule has 3 N–H and O–H groups in total. The van der Waals surface area contributed by atoms with Gasteiger partial charge in [0.25, 0.3) is 0 Å². The van der Waals surface area contributed by atoms with Crippen LogP contribution in [-0.4, -0.2) is 46.6 Å². The molecule has 0 saturated heterocycles. The van der Waals surface area contributed by atoms with Crippen molar-refractivity contribution in [2.24, 2.45) is 12.0 Å². The predicted octanol–water partition coefficient (Wildman–Crippen LogP) is 3.05. The first-order valence-corrected chi connectivity index (χ1v) is 9.92. The van der Waals surface area contributed by atoms with E-state index in [2.05, 4.69) is 20.7 Å². The molecule has 2 aromatic rings. The van der Waals surface area contributed by atoms with Crippen LogP contribution in [0, 0.1) is 0 Å². The van der Waals surface area contributed by atoms with E-state index in [4.69, 9.17) is 4.74 Å². The van der Waals surface area contributed by atoms with E-state index in [1.54, 1.807) is 0 Å². The topological polar surface area (TPSA) is 83.7 Å². The minimum atomic E-state index is -0.679. The Labute approximate surface area is 191 Å². The fourth-order valence-corrected chi connectivity index (χ4v) is 2.79. The molecule has 0 spiro atoms. The molecule has 1 aromatic heterocycles. The van der Waals surface area contributed by atoms with Crippen molar-refractivity contribution in [1.29, 1.82) is 0 Å². The van der Waals surface area contributed by atoms with Crippen LogP contribution in [0.1, 0.15) is 44.4 Å². The van der Waals surface area contributed by atoms with Gasteiger partial charge in [-0.15, -0.1) is 24.0 Å². The van der Waals surface area contributed by atoms with Crippen molar-refractivity contribution in [2.45, 2.75) is 45.8 Å². The molecule has 1 heterocycles. The minimum Gasteiger partial charge on any atom is -0.491 e. The smallest absolute Gasteiger partial charge is 0.191 e. The normalized spacial score (nSPS) is 12.4. The van der Waals surface area contributed by atoms with Crippen LogP contribution in [0.3, 0.4) is 0 Å². The van der Waals surface area contributed by atoms with E-state index in [0.29, 0.717) is 5.96 Å². The highest BCUT2D eigenvalue weighted by Crippen LogP contribution is 2.20. The summed E-state index contributed by atoms with van der Waals surface area (Å²) in [5.74, 6) is 1.47. The van der Waals surface area contributed by atoms with Crippen molar-refractivity contribution >= 4 is 29.9 Å². The van der Waals surface area contributed by atoms with E-state index in [9.17, 15) is 5.11 Å². The van der Waals surface area contributed by atoms with Crippen LogP contribution in [0.5, 0.6) is 5.75 Å². The van der Waals surface area contributed by atoms with Crippen LogP contribution in [-0.2, 0) is 13.5 Å². The zero-order chi connectivity index (χ0) is 20.4. The minimum absolute atomic E-state index is 0. The summed E-state index contributed by atoms with van der Waals surface area (Å²) in [6.07, 6.45) is 5.29. The van der Waals surface area contributed by atoms with Crippen molar-refractivity contribution in [3.05, 3.63) is 47.8 Å². The summed E-state index contributed by atoms with van der Waals surface area (Å²) < 4.78 is 7.51. The van der Waals surface area contributed by atoms with Crippen molar-refractivity contribution in [2.75, 3.05) is 19.6 Å². The Morgan fingerprint density at radius 1 is 1.31 bits per heavy atom. The number of aliphatic hydroxyl groups is 1. The number of benzene rings is 1. The second-order valence-corrected chi connectivity index (χ2v) is 7.03. The molecule has 8 heteroatoms. The third-order valence-electron chi connectivity index (χ3n) is 4.07. The van der Waals surface area contributed by atoms with Gasteiger partial charge in [-0.1, -0.05) is 12.1 Å². The van der Waals surface area contributed by atoms with Gasteiger partial charge in [0.1, 0.15) is 5.75 Å². The first-order valence-electron chi connectivity index (χ1n) is 9.92. The van der Waals surface area contributed by atoms with Crippen molar-refractivity contribution in [3.8, 4) is 5.75 Å². The van der Waals surface area contributed by atoms with Gasteiger partial charge in [-0.25, -0.2) is 0 Å². The molecule has 0 saturated carbocycles. The maximum atomic E-state index is 10.5. The van der Waals surface area contributed by atoms with E-state index < -0.39 is 6.10 Å². The summed E-state index contributed by atoms with van der Waals surface area (Å²) in [4.78, 5) is 4.52. The zero-order valence-corrected chi connectivity index (χ0v) is 20.1. The molecule has 1 unspecified atom stereocenters. The van der Waals surface area contributed by atoms with Crippen LogP contribution in [0.25, 0.3) is 0 Å². The molecule has 0 aliphatic carbocycles. The maximum absolute atomic E-state index is 10.5. The van der Waals surface area contributed by atoms with Gasteiger partial charge < -0.3 is 20.5 Å².